The third kappa shape index (κ3) is 2.36. The van der Waals surface area contributed by atoms with Crippen LogP contribution in [0.25, 0.3) is 0 Å². The molecule has 0 saturated heterocycles. The minimum atomic E-state index is -0.955. The maximum Gasteiger partial charge on any atom is 0.315 e. The van der Waals surface area contributed by atoms with Gasteiger partial charge in [0.05, 0.1) is 7.11 Å². The summed E-state index contributed by atoms with van der Waals surface area (Å²) in [6.45, 7) is 5.08. The number of esters is 2. The fraction of sp³-hybridized carbons (Fsp3) is 0.812. The third-order valence-corrected chi connectivity index (χ3v) is 5.55. The number of ketones is 1. The average molecular weight is 296 g/mol. The van der Waals surface area contributed by atoms with Gasteiger partial charge in [0.2, 0.25) is 0 Å². The number of Topliss-reactive ketones (excluding diaryl/α,β-unsaturated/α-hetero) is 1. The van der Waals surface area contributed by atoms with E-state index in [1.807, 2.05) is 6.92 Å². The Labute approximate surface area is 125 Å². The third-order valence-electron chi connectivity index (χ3n) is 5.55. The summed E-state index contributed by atoms with van der Waals surface area (Å²) in [7, 11) is 1.34. The zero-order valence-corrected chi connectivity index (χ0v) is 13.2. The van der Waals surface area contributed by atoms with Gasteiger partial charge < -0.3 is 9.47 Å². The van der Waals surface area contributed by atoms with Crippen molar-refractivity contribution in [2.45, 2.75) is 59.0 Å². The number of carbonyl (C=O) groups is 3. The maximum absolute atomic E-state index is 12.5. The van der Waals surface area contributed by atoms with E-state index in [-0.39, 0.29) is 17.7 Å². The average Bonchev–Trinajstić information content (AvgIpc) is 2.43. The number of hydrogen-bond acceptors (Lipinski definition) is 5. The summed E-state index contributed by atoms with van der Waals surface area (Å²) in [6, 6.07) is 0. The van der Waals surface area contributed by atoms with E-state index >= 15 is 0 Å². The van der Waals surface area contributed by atoms with Crippen LogP contribution in [0.1, 0.15) is 52.9 Å². The van der Waals surface area contributed by atoms with Gasteiger partial charge in [-0.25, -0.2) is 0 Å². The van der Waals surface area contributed by atoms with E-state index in [1.165, 1.54) is 14.0 Å². The van der Waals surface area contributed by atoms with E-state index in [9.17, 15) is 14.4 Å². The van der Waals surface area contributed by atoms with Crippen LogP contribution < -0.4 is 0 Å². The molecule has 5 nitrogen and oxygen atoms in total. The SMILES string of the molecule is COC(=O)[C@@]1(C)[C@@H](OC(C)=O)CC[C@]2(C)C(=O)CCC[C@@H]12. The first kappa shape index (κ1) is 16.0. The molecule has 2 fully saturated rings. The van der Waals surface area contributed by atoms with Crippen molar-refractivity contribution >= 4 is 17.7 Å². The summed E-state index contributed by atoms with van der Waals surface area (Å²) in [5, 5.41) is 0. The molecule has 118 valence electrons. The minimum absolute atomic E-state index is 0.142. The van der Waals surface area contributed by atoms with Crippen LogP contribution in [0.15, 0.2) is 0 Å². The highest BCUT2D eigenvalue weighted by atomic mass is 16.6. The molecular formula is C16H24O5. The molecule has 4 atom stereocenters. The molecule has 0 aromatic rings. The van der Waals surface area contributed by atoms with Crippen molar-refractivity contribution in [3.05, 3.63) is 0 Å². The Morgan fingerprint density at radius 1 is 1.24 bits per heavy atom. The van der Waals surface area contributed by atoms with Gasteiger partial charge in [-0.3, -0.25) is 14.4 Å². The first-order chi connectivity index (χ1) is 9.76. The lowest BCUT2D eigenvalue weighted by Crippen LogP contribution is -2.60. The molecule has 2 rings (SSSR count). The smallest absolute Gasteiger partial charge is 0.315 e. The Bertz CT molecular complexity index is 471. The van der Waals surface area contributed by atoms with Gasteiger partial charge in [-0.1, -0.05) is 6.92 Å². The molecule has 0 amide bonds. The standard InChI is InChI=1S/C16H24O5/c1-10(17)21-13-8-9-15(2)11(6-5-7-12(15)18)16(13,3)14(19)20-4/h11,13H,5-9H2,1-4H3/t11-,13+,15+,16-/m1/s1. The molecule has 2 saturated carbocycles. The molecule has 0 unspecified atom stereocenters. The lowest BCUT2D eigenvalue weighted by Gasteiger charge is -2.54. The molecule has 0 aliphatic heterocycles. The highest BCUT2D eigenvalue weighted by Crippen LogP contribution is 2.57. The zero-order chi connectivity index (χ0) is 15.8. The number of rotatable bonds is 2. The normalized spacial score (nSPS) is 39.3. The van der Waals surface area contributed by atoms with Crippen molar-refractivity contribution in [1.82, 2.24) is 0 Å². The number of ether oxygens (including phenoxy) is 2. The first-order valence-electron chi connectivity index (χ1n) is 7.55. The maximum atomic E-state index is 12.5. The Morgan fingerprint density at radius 3 is 2.48 bits per heavy atom. The molecule has 0 N–H and O–H groups in total. The van der Waals surface area contributed by atoms with Gasteiger partial charge in [0.1, 0.15) is 17.3 Å². The molecule has 0 spiro atoms. The fourth-order valence-corrected chi connectivity index (χ4v) is 4.37. The number of carbonyl (C=O) groups excluding carboxylic acids is 3. The monoisotopic (exact) mass is 296 g/mol. The molecule has 0 aromatic heterocycles. The van der Waals surface area contributed by atoms with Gasteiger partial charge in [-0.2, -0.15) is 0 Å². The van der Waals surface area contributed by atoms with E-state index in [1.54, 1.807) is 6.92 Å². The zero-order valence-electron chi connectivity index (χ0n) is 13.2. The van der Waals surface area contributed by atoms with E-state index in [4.69, 9.17) is 9.47 Å². The molecular weight excluding hydrogens is 272 g/mol. The van der Waals surface area contributed by atoms with Crippen LogP contribution >= 0.6 is 0 Å². The Morgan fingerprint density at radius 2 is 1.90 bits per heavy atom. The quantitative estimate of drug-likeness (QED) is 0.731. The molecule has 0 aromatic carbocycles. The second-order valence-corrected chi connectivity index (χ2v) is 6.70. The molecule has 0 bridgehead atoms. The van der Waals surface area contributed by atoms with Crippen molar-refractivity contribution in [3.63, 3.8) is 0 Å². The van der Waals surface area contributed by atoms with Crippen molar-refractivity contribution in [3.8, 4) is 0 Å². The van der Waals surface area contributed by atoms with Crippen LogP contribution in [0.2, 0.25) is 0 Å². The predicted octanol–water partition coefficient (Wildman–Crippen LogP) is 2.27. The Balaban J connectivity index is 2.45. The number of methoxy groups -OCH3 is 1. The lowest BCUT2D eigenvalue weighted by molar-refractivity contribution is -0.194. The molecule has 2 aliphatic carbocycles. The number of hydrogen-bond donors (Lipinski definition) is 0. The Kier molecular flexibility index (Phi) is 4.13. The largest absolute Gasteiger partial charge is 0.468 e. The summed E-state index contributed by atoms with van der Waals surface area (Å²) in [5.41, 5.74) is -1.47. The second kappa shape index (κ2) is 5.43. The summed E-state index contributed by atoms with van der Waals surface area (Å²) in [6.07, 6.45) is 2.78. The topological polar surface area (TPSA) is 69.7 Å². The minimum Gasteiger partial charge on any atom is -0.468 e. The van der Waals surface area contributed by atoms with Gasteiger partial charge in [-0.15, -0.1) is 0 Å². The van der Waals surface area contributed by atoms with Crippen molar-refractivity contribution in [1.29, 1.82) is 0 Å². The van der Waals surface area contributed by atoms with Crippen molar-refractivity contribution in [2.24, 2.45) is 16.7 Å². The van der Waals surface area contributed by atoms with Crippen LogP contribution in [0.3, 0.4) is 0 Å². The summed E-state index contributed by atoms with van der Waals surface area (Å²) < 4.78 is 10.4. The van der Waals surface area contributed by atoms with Gasteiger partial charge >= 0.3 is 11.9 Å². The Hall–Kier alpha value is -1.39. The van der Waals surface area contributed by atoms with Crippen LogP contribution in [0.5, 0.6) is 0 Å². The second-order valence-electron chi connectivity index (χ2n) is 6.70. The molecule has 21 heavy (non-hydrogen) atoms. The first-order valence-corrected chi connectivity index (χ1v) is 7.55. The van der Waals surface area contributed by atoms with Gasteiger partial charge in [-0.05, 0) is 38.5 Å². The van der Waals surface area contributed by atoms with Gasteiger partial charge in [0.15, 0.2) is 0 Å². The highest BCUT2D eigenvalue weighted by Gasteiger charge is 2.62. The van der Waals surface area contributed by atoms with Crippen LogP contribution in [-0.4, -0.2) is 30.9 Å². The van der Waals surface area contributed by atoms with E-state index in [0.717, 1.165) is 12.8 Å². The van der Waals surface area contributed by atoms with Crippen LogP contribution in [-0.2, 0) is 23.9 Å². The summed E-state index contributed by atoms with van der Waals surface area (Å²) >= 11 is 0. The molecule has 5 heteroatoms. The summed E-state index contributed by atoms with van der Waals surface area (Å²) in [5.74, 6) is -0.716. The molecule has 0 radical (unpaired) electrons. The highest BCUT2D eigenvalue weighted by molar-refractivity contribution is 5.88. The van der Waals surface area contributed by atoms with Gasteiger partial charge in [0, 0.05) is 18.8 Å². The molecule has 0 heterocycles. The predicted molar refractivity (Wildman–Crippen MR) is 75.4 cm³/mol. The van der Waals surface area contributed by atoms with Crippen LogP contribution in [0.4, 0.5) is 0 Å². The van der Waals surface area contributed by atoms with Crippen LogP contribution in [0, 0.1) is 16.7 Å². The van der Waals surface area contributed by atoms with Gasteiger partial charge in [0.25, 0.3) is 0 Å². The van der Waals surface area contributed by atoms with E-state index < -0.39 is 22.9 Å². The van der Waals surface area contributed by atoms with E-state index in [0.29, 0.717) is 19.3 Å². The molecule has 2 aliphatic rings. The fourth-order valence-electron chi connectivity index (χ4n) is 4.37. The van der Waals surface area contributed by atoms with Crippen molar-refractivity contribution < 1.29 is 23.9 Å². The van der Waals surface area contributed by atoms with Crippen molar-refractivity contribution in [2.75, 3.05) is 7.11 Å². The van der Waals surface area contributed by atoms with E-state index in [2.05, 4.69) is 0 Å². The number of fused-ring (bicyclic) bond motifs is 1. The summed E-state index contributed by atoms with van der Waals surface area (Å²) in [4.78, 5) is 36.3. The lowest BCUT2D eigenvalue weighted by atomic mass is 9.49.